The summed E-state index contributed by atoms with van der Waals surface area (Å²) in [6, 6.07) is 8.59. The van der Waals surface area contributed by atoms with Crippen LogP contribution in [0.1, 0.15) is 5.56 Å². The summed E-state index contributed by atoms with van der Waals surface area (Å²) < 4.78 is 0. The minimum atomic E-state index is 0.699. The predicted octanol–water partition coefficient (Wildman–Crippen LogP) is 2.47. The summed E-state index contributed by atoms with van der Waals surface area (Å²) in [7, 11) is 2.03. The Kier molecular flexibility index (Phi) is 4.58. The number of nitrogens with zero attached hydrogens (tertiary/aromatic N) is 1. The van der Waals surface area contributed by atoms with Crippen molar-refractivity contribution in [3.8, 4) is 12.3 Å². The summed E-state index contributed by atoms with van der Waals surface area (Å²) in [5.41, 5.74) is 1.31. The van der Waals surface area contributed by atoms with Gasteiger partial charge in [-0.2, -0.15) is 0 Å². The smallest absolute Gasteiger partial charge is 0.0599 e. The Labute approximate surface area is 90.5 Å². The van der Waals surface area contributed by atoms with Crippen molar-refractivity contribution >= 4 is 11.8 Å². The molecule has 0 bridgehead atoms. The molecule has 0 aliphatic heterocycles. The highest BCUT2D eigenvalue weighted by molar-refractivity contribution is 7.98. The van der Waals surface area contributed by atoms with Gasteiger partial charge in [0, 0.05) is 11.4 Å². The van der Waals surface area contributed by atoms with Crippen LogP contribution in [-0.4, -0.2) is 24.7 Å². The van der Waals surface area contributed by atoms with Gasteiger partial charge in [0.25, 0.3) is 0 Å². The first-order valence-electron chi connectivity index (χ1n) is 4.51. The maximum Gasteiger partial charge on any atom is 0.0599 e. The van der Waals surface area contributed by atoms with Gasteiger partial charge < -0.3 is 0 Å². The number of hydrogen-bond donors (Lipinski definition) is 0. The molecule has 1 aromatic carbocycles. The van der Waals surface area contributed by atoms with Gasteiger partial charge in [-0.3, -0.25) is 4.90 Å². The van der Waals surface area contributed by atoms with Crippen LogP contribution in [0.2, 0.25) is 0 Å². The van der Waals surface area contributed by atoms with Crippen LogP contribution < -0.4 is 0 Å². The third-order valence-corrected chi connectivity index (χ3v) is 2.72. The van der Waals surface area contributed by atoms with Gasteiger partial charge in [0.15, 0.2) is 0 Å². The quantitative estimate of drug-likeness (QED) is 0.549. The van der Waals surface area contributed by atoms with Crippen molar-refractivity contribution in [3.63, 3.8) is 0 Å². The van der Waals surface area contributed by atoms with Crippen LogP contribution in [-0.2, 0) is 6.54 Å². The van der Waals surface area contributed by atoms with Crippen LogP contribution >= 0.6 is 11.8 Å². The predicted molar refractivity (Wildman–Crippen MR) is 63.4 cm³/mol. The van der Waals surface area contributed by atoms with Crippen molar-refractivity contribution in [1.82, 2.24) is 4.90 Å². The van der Waals surface area contributed by atoms with E-state index in [4.69, 9.17) is 6.42 Å². The number of terminal acetylenes is 1. The van der Waals surface area contributed by atoms with Crippen molar-refractivity contribution in [2.45, 2.75) is 11.4 Å². The zero-order valence-corrected chi connectivity index (χ0v) is 9.47. The number of benzene rings is 1. The zero-order chi connectivity index (χ0) is 10.4. The molecule has 1 nitrogen and oxygen atoms in total. The SMILES string of the molecule is C#CCN(C)Cc1ccc(SC)cc1. The molecular formula is C12H15NS. The molecule has 14 heavy (non-hydrogen) atoms. The Morgan fingerprint density at radius 2 is 2.00 bits per heavy atom. The maximum absolute atomic E-state index is 5.23. The molecule has 0 heterocycles. The van der Waals surface area contributed by atoms with E-state index in [0.717, 1.165) is 6.54 Å². The standard InChI is InChI=1S/C12H15NS/c1-4-9-13(2)10-11-5-7-12(14-3)8-6-11/h1,5-8H,9-10H2,2-3H3. The lowest BCUT2D eigenvalue weighted by atomic mass is 10.2. The van der Waals surface area contributed by atoms with Crippen LogP contribution in [0.4, 0.5) is 0 Å². The maximum atomic E-state index is 5.23. The lowest BCUT2D eigenvalue weighted by Gasteiger charge is -2.13. The van der Waals surface area contributed by atoms with Gasteiger partial charge in [-0.05, 0) is 31.0 Å². The van der Waals surface area contributed by atoms with Gasteiger partial charge in [-0.1, -0.05) is 18.1 Å². The molecule has 74 valence electrons. The van der Waals surface area contributed by atoms with Crippen LogP contribution in [0.5, 0.6) is 0 Å². The summed E-state index contributed by atoms with van der Waals surface area (Å²) in [4.78, 5) is 3.42. The lowest BCUT2D eigenvalue weighted by Crippen LogP contribution is -2.17. The molecule has 1 rings (SSSR count). The molecular weight excluding hydrogens is 190 g/mol. The van der Waals surface area contributed by atoms with Crippen molar-refractivity contribution in [1.29, 1.82) is 0 Å². The number of thioether (sulfide) groups is 1. The summed E-state index contributed by atoms with van der Waals surface area (Å²) in [5.74, 6) is 2.63. The van der Waals surface area contributed by atoms with Crippen LogP contribution in [0, 0.1) is 12.3 Å². The largest absolute Gasteiger partial charge is 0.291 e. The number of hydrogen-bond acceptors (Lipinski definition) is 2. The monoisotopic (exact) mass is 205 g/mol. The van der Waals surface area contributed by atoms with Crippen molar-refractivity contribution in [3.05, 3.63) is 29.8 Å². The Morgan fingerprint density at radius 3 is 2.50 bits per heavy atom. The van der Waals surface area contributed by atoms with E-state index in [2.05, 4.69) is 41.3 Å². The van der Waals surface area contributed by atoms with Crippen molar-refractivity contribution < 1.29 is 0 Å². The fourth-order valence-corrected chi connectivity index (χ4v) is 1.66. The molecule has 0 aromatic heterocycles. The van der Waals surface area contributed by atoms with E-state index in [9.17, 15) is 0 Å². The summed E-state index contributed by atoms with van der Waals surface area (Å²) in [6.07, 6.45) is 7.32. The highest BCUT2D eigenvalue weighted by Crippen LogP contribution is 2.15. The first kappa shape index (κ1) is 11.2. The second kappa shape index (κ2) is 5.74. The van der Waals surface area contributed by atoms with Gasteiger partial charge in [-0.25, -0.2) is 0 Å². The Morgan fingerprint density at radius 1 is 1.36 bits per heavy atom. The van der Waals surface area contributed by atoms with Crippen LogP contribution in [0.15, 0.2) is 29.2 Å². The molecule has 0 N–H and O–H groups in total. The van der Waals surface area contributed by atoms with E-state index >= 15 is 0 Å². The topological polar surface area (TPSA) is 3.24 Å². The molecule has 0 aliphatic rings. The molecule has 0 radical (unpaired) electrons. The highest BCUT2D eigenvalue weighted by atomic mass is 32.2. The second-order valence-corrected chi connectivity index (χ2v) is 4.10. The summed E-state index contributed by atoms with van der Waals surface area (Å²) in [6.45, 7) is 1.61. The molecule has 0 aliphatic carbocycles. The lowest BCUT2D eigenvalue weighted by molar-refractivity contribution is 0.369. The molecule has 0 saturated heterocycles. The zero-order valence-electron chi connectivity index (χ0n) is 8.66. The van der Waals surface area contributed by atoms with Crippen molar-refractivity contribution in [2.75, 3.05) is 19.8 Å². The van der Waals surface area contributed by atoms with Crippen LogP contribution in [0.3, 0.4) is 0 Å². The van der Waals surface area contributed by atoms with Gasteiger partial charge in [0.2, 0.25) is 0 Å². The van der Waals surface area contributed by atoms with Gasteiger partial charge in [0.1, 0.15) is 0 Å². The summed E-state index contributed by atoms with van der Waals surface area (Å²) in [5, 5.41) is 0. The fraction of sp³-hybridized carbons (Fsp3) is 0.333. The first-order chi connectivity index (χ1) is 6.76. The third kappa shape index (κ3) is 3.45. The Bertz CT molecular complexity index is 310. The van der Waals surface area contributed by atoms with E-state index in [1.807, 2.05) is 7.05 Å². The van der Waals surface area contributed by atoms with E-state index in [0.29, 0.717) is 6.54 Å². The average Bonchev–Trinajstić information content (AvgIpc) is 2.19. The molecule has 0 atom stereocenters. The van der Waals surface area contributed by atoms with Gasteiger partial charge >= 0.3 is 0 Å². The molecule has 0 spiro atoms. The fourth-order valence-electron chi connectivity index (χ4n) is 1.25. The molecule has 2 heteroatoms. The Hall–Kier alpha value is -0.910. The average molecular weight is 205 g/mol. The van der Waals surface area contributed by atoms with Crippen LogP contribution in [0.25, 0.3) is 0 Å². The third-order valence-electron chi connectivity index (χ3n) is 1.97. The minimum Gasteiger partial charge on any atom is -0.291 e. The van der Waals surface area contributed by atoms with Crippen molar-refractivity contribution in [2.24, 2.45) is 0 Å². The normalized spacial score (nSPS) is 10.1. The molecule has 1 aromatic rings. The van der Waals surface area contributed by atoms with Gasteiger partial charge in [0.05, 0.1) is 6.54 Å². The molecule has 0 unspecified atom stereocenters. The minimum absolute atomic E-state index is 0.699. The summed E-state index contributed by atoms with van der Waals surface area (Å²) >= 11 is 1.76. The van der Waals surface area contributed by atoms with E-state index in [1.54, 1.807) is 11.8 Å². The second-order valence-electron chi connectivity index (χ2n) is 3.22. The molecule has 0 saturated carbocycles. The first-order valence-corrected chi connectivity index (χ1v) is 5.73. The number of rotatable bonds is 4. The molecule has 0 fully saturated rings. The highest BCUT2D eigenvalue weighted by Gasteiger charge is 1.98. The van der Waals surface area contributed by atoms with Gasteiger partial charge in [-0.15, -0.1) is 18.2 Å². The molecule has 0 amide bonds. The van der Waals surface area contributed by atoms with E-state index in [-0.39, 0.29) is 0 Å². The Balaban J connectivity index is 2.56. The van der Waals surface area contributed by atoms with E-state index in [1.165, 1.54) is 10.5 Å². The van der Waals surface area contributed by atoms with E-state index < -0.39 is 0 Å².